The summed E-state index contributed by atoms with van der Waals surface area (Å²) >= 11 is 0. The summed E-state index contributed by atoms with van der Waals surface area (Å²) in [5, 5.41) is 5.21. The highest BCUT2D eigenvalue weighted by atomic mass is 16.2. The van der Waals surface area contributed by atoms with Crippen molar-refractivity contribution in [2.75, 3.05) is 0 Å². The summed E-state index contributed by atoms with van der Waals surface area (Å²) in [6.07, 6.45) is 1.81. The number of carbonyl (C=O) groups is 2. The van der Waals surface area contributed by atoms with Gasteiger partial charge < -0.3 is 5.32 Å². The maximum absolute atomic E-state index is 12.3. The highest BCUT2D eigenvalue weighted by molar-refractivity contribution is 6.07. The zero-order valence-corrected chi connectivity index (χ0v) is 12.2. The van der Waals surface area contributed by atoms with Crippen molar-refractivity contribution in [2.24, 2.45) is 0 Å². The summed E-state index contributed by atoms with van der Waals surface area (Å²) in [6, 6.07) is 19.3. The molecular formula is C18H18N2O2. The molecule has 0 aliphatic carbocycles. The highest BCUT2D eigenvalue weighted by Gasteiger charge is 2.45. The van der Waals surface area contributed by atoms with Gasteiger partial charge in [-0.25, -0.2) is 4.79 Å². The number of benzene rings is 2. The zero-order chi connectivity index (χ0) is 15.4. The lowest BCUT2D eigenvalue weighted by atomic mass is 9.85. The predicted molar refractivity (Wildman–Crippen MR) is 84.3 cm³/mol. The number of imide groups is 1. The van der Waals surface area contributed by atoms with Crippen LogP contribution in [0.5, 0.6) is 0 Å². The molecule has 0 radical (unpaired) electrons. The van der Waals surface area contributed by atoms with Gasteiger partial charge in [0.2, 0.25) is 0 Å². The number of hydrogen-bond donors (Lipinski definition) is 2. The van der Waals surface area contributed by atoms with Crippen LogP contribution in [0.15, 0.2) is 60.7 Å². The first-order valence-corrected chi connectivity index (χ1v) is 7.39. The van der Waals surface area contributed by atoms with E-state index in [0.29, 0.717) is 12.8 Å². The van der Waals surface area contributed by atoms with Gasteiger partial charge in [-0.2, -0.15) is 0 Å². The van der Waals surface area contributed by atoms with Crippen LogP contribution in [0, 0.1) is 0 Å². The Morgan fingerprint density at radius 2 is 1.41 bits per heavy atom. The number of hydrogen-bond acceptors (Lipinski definition) is 2. The van der Waals surface area contributed by atoms with E-state index in [0.717, 1.165) is 17.5 Å². The van der Waals surface area contributed by atoms with E-state index in [1.807, 2.05) is 60.7 Å². The minimum atomic E-state index is -0.867. The van der Waals surface area contributed by atoms with Crippen LogP contribution in [0.2, 0.25) is 0 Å². The average Bonchev–Trinajstić information content (AvgIpc) is 2.81. The lowest BCUT2D eigenvalue weighted by Crippen LogP contribution is -2.49. The Hall–Kier alpha value is -2.62. The fraction of sp³-hybridized carbons (Fsp3) is 0.222. The smallest absolute Gasteiger partial charge is 0.322 e. The van der Waals surface area contributed by atoms with Gasteiger partial charge in [0, 0.05) is 6.42 Å². The SMILES string of the molecule is O=C1NC(=O)C(CCc2ccccc2)(Cc2ccccc2)N1. The molecule has 4 heteroatoms. The van der Waals surface area contributed by atoms with Crippen LogP contribution >= 0.6 is 0 Å². The molecule has 4 nitrogen and oxygen atoms in total. The van der Waals surface area contributed by atoms with E-state index in [1.54, 1.807) is 0 Å². The molecule has 0 saturated carbocycles. The summed E-state index contributed by atoms with van der Waals surface area (Å²) in [4.78, 5) is 24.0. The Labute approximate surface area is 129 Å². The molecule has 112 valence electrons. The van der Waals surface area contributed by atoms with Crippen molar-refractivity contribution in [3.05, 3.63) is 71.8 Å². The van der Waals surface area contributed by atoms with Gasteiger partial charge in [-0.15, -0.1) is 0 Å². The molecule has 1 aliphatic heterocycles. The third-order valence-electron chi connectivity index (χ3n) is 4.05. The van der Waals surface area contributed by atoms with Crippen molar-refractivity contribution in [1.29, 1.82) is 0 Å². The molecule has 1 aliphatic rings. The fourth-order valence-electron chi connectivity index (χ4n) is 2.86. The average molecular weight is 294 g/mol. The van der Waals surface area contributed by atoms with E-state index in [2.05, 4.69) is 10.6 Å². The van der Waals surface area contributed by atoms with Crippen molar-refractivity contribution >= 4 is 11.9 Å². The monoisotopic (exact) mass is 294 g/mol. The molecule has 0 bridgehead atoms. The number of aryl methyl sites for hydroxylation is 1. The van der Waals surface area contributed by atoms with Crippen molar-refractivity contribution in [2.45, 2.75) is 24.8 Å². The molecule has 3 rings (SSSR count). The first-order chi connectivity index (χ1) is 10.7. The summed E-state index contributed by atoms with van der Waals surface area (Å²) in [5.41, 5.74) is 1.32. The molecule has 1 fully saturated rings. The van der Waals surface area contributed by atoms with Gasteiger partial charge in [0.1, 0.15) is 5.54 Å². The molecule has 0 aromatic heterocycles. The number of urea groups is 1. The van der Waals surface area contributed by atoms with E-state index in [4.69, 9.17) is 0 Å². The zero-order valence-electron chi connectivity index (χ0n) is 12.2. The molecule has 1 heterocycles. The normalized spacial score (nSPS) is 20.5. The molecule has 2 N–H and O–H groups in total. The van der Waals surface area contributed by atoms with Crippen molar-refractivity contribution < 1.29 is 9.59 Å². The minimum absolute atomic E-state index is 0.239. The molecule has 1 unspecified atom stereocenters. The molecular weight excluding hydrogens is 276 g/mol. The molecule has 3 amide bonds. The Kier molecular flexibility index (Phi) is 3.92. The number of nitrogens with one attached hydrogen (secondary N) is 2. The lowest BCUT2D eigenvalue weighted by Gasteiger charge is -2.26. The summed E-state index contributed by atoms with van der Waals surface area (Å²) in [7, 11) is 0. The highest BCUT2D eigenvalue weighted by Crippen LogP contribution is 2.23. The first kappa shape index (κ1) is 14.3. The largest absolute Gasteiger partial charge is 0.323 e. The van der Waals surface area contributed by atoms with Crippen molar-refractivity contribution in [1.82, 2.24) is 10.6 Å². The number of carbonyl (C=O) groups excluding carboxylic acids is 2. The molecule has 2 aromatic rings. The predicted octanol–water partition coefficient (Wildman–Crippen LogP) is 2.44. The summed E-state index contributed by atoms with van der Waals surface area (Å²) in [5.74, 6) is -0.239. The maximum atomic E-state index is 12.3. The third kappa shape index (κ3) is 3.01. The molecule has 0 spiro atoms. The van der Waals surface area contributed by atoms with Crippen LogP contribution < -0.4 is 10.6 Å². The van der Waals surface area contributed by atoms with Crippen LogP contribution in [0.1, 0.15) is 17.5 Å². The van der Waals surface area contributed by atoms with E-state index < -0.39 is 11.6 Å². The molecule has 1 atom stereocenters. The second-order valence-electron chi connectivity index (χ2n) is 5.64. The third-order valence-corrected chi connectivity index (χ3v) is 4.05. The maximum Gasteiger partial charge on any atom is 0.322 e. The second kappa shape index (κ2) is 6.02. The quantitative estimate of drug-likeness (QED) is 0.832. The van der Waals surface area contributed by atoms with Gasteiger partial charge in [0.25, 0.3) is 5.91 Å². The van der Waals surface area contributed by atoms with E-state index >= 15 is 0 Å². The Balaban J connectivity index is 1.81. The van der Waals surface area contributed by atoms with Crippen LogP contribution in [0.3, 0.4) is 0 Å². The topological polar surface area (TPSA) is 58.2 Å². The van der Waals surface area contributed by atoms with Crippen molar-refractivity contribution in [3.8, 4) is 0 Å². The van der Waals surface area contributed by atoms with Crippen LogP contribution in [0.25, 0.3) is 0 Å². The van der Waals surface area contributed by atoms with Crippen LogP contribution in [-0.2, 0) is 17.6 Å². The van der Waals surface area contributed by atoms with E-state index in [1.165, 1.54) is 0 Å². The molecule has 22 heavy (non-hydrogen) atoms. The second-order valence-corrected chi connectivity index (χ2v) is 5.64. The number of rotatable bonds is 5. The Morgan fingerprint density at radius 1 is 0.818 bits per heavy atom. The standard InChI is InChI=1S/C18H18N2O2/c21-16-18(20-17(22)19-16,13-15-9-5-2-6-10-15)12-11-14-7-3-1-4-8-14/h1-10H,11-13H2,(H2,19,20,21,22). The van der Waals surface area contributed by atoms with Gasteiger partial charge in [-0.3, -0.25) is 10.1 Å². The Bertz CT molecular complexity index is 670. The van der Waals surface area contributed by atoms with Crippen LogP contribution in [0.4, 0.5) is 4.79 Å². The number of amides is 3. The first-order valence-electron chi connectivity index (χ1n) is 7.39. The van der Waals surface area contributed by atoms with Gasteiger partial charge in [-0.05, 0) is 24.0 Å². The summed E-state index contributed by atoms with van der Waals surface area (Å²) in [6.45, 7) is 0. The van der Waals surface area contributed by atoms with Gasteiger partial charge in [0.05, 0.1) is 0 Å². The lowest BCUT2D eigenvalue weighted by molar-refractivity contribution is -0.124. The van der Waals surface area contributed by atoms with Gasteiger partial charge in [-0.1, -0.05) is 60.7 Å². The molecule has 1 saturated heterocycles. The minimum Gasteiger partial charge on any atom is -0.323 e. The van der Waals surface area contributed by atoms with E-state index in [-0.39, 0.29) is 5.91 Å². The fourth-order valence-corrected chi connectivity index (χ4v) is 2.86. The summed E-state index contributed by atoms with van der Waals surface area (Å²) < 4.78 is 0. The van der Waals surface area contributed by atoms with E-state index in [9.17, 15) is 9.59 Å². The van der Waals surface area contributed by atoms with Crippen LogP contribution in [-0.4, -0.2) is 17.5 Å². The van der Waals surface area contributed by atoms with Gasteiger partial charge in [0.15, 0.2) is 0 Å². The molecule has 2 aromatic carbocycles. The van der Waals surface area contributed by atoms with Crippen molar-refractivity contribution in [3.63, 3.8) is 0 Å². The van der Waals surface area contributed by atoms with Gasteiger partial charge >= 0.3 is 6.03 Å². The Morgan fingerprint density at radius 3 is 1.95 bits per heavy atom.